The molecule has 0 unspecified atom stereocenters. The number of nitrogens with two attached hydrogens (primary N) is 2. The molecule has 0 fully saturated rings. The highest BCUT2D eigenvalue weighted by atomic mass is 15.4. The second-order valence-corrected chi connectivity index (χ2v) is 9.98. The first-order valence-corrected chi connectivity index (χ1v) is 14.2. The fraction of sp³-hybridized carbons (Fsp3) is 0.0714. The van der Waals surface area contributed by atoms with Gasteiger partial charge >= 0.3 is 0 Å². The number of hydrogen-bond donors (Lipinski definition) is 2. The zero-order valence-electron chi connectivity index (χ0n) is 25.9. The number of anilines is 2. The van der Waals surface area contributed by atoms with E-state index in [2.05, 4.69) is 75.6 Å². The highest BCUT2D eigenvalue weighted by molar-refractivity contribution is 5.67. The van der Waals surface area contributed by atoms with Crippen molar-refractivity contribution in [1.82, 2.24) is 69.0 Å². The van der Waals surface area contributed by atoms with Gasteiger partial charge in [0, 0.05) is 30.9 Å². The quantitative estimate of drug-likeness (QED) is 0.173. The molecular weight excluding hydrogens is 644 g/mol. The molecule has 0 aliphatic carbocycles. The number of nitrogens with zero attached hydrogens (tertiary/aromatic N) is 20. The van der Waals surface area contributed by atoms with Crippen molar-refractivity contribution >= 4 is 40.3 Å². The van der Waals surface area contributed by atoms with Crippen molar-refractivity contribution in [1.29, 1.82) is 5.26 Å². The van der Waals surface area contributed by atoms with Crippen LogP contribution in [0.4, 0.5) is 40.3 Å². The Labute approximate surface area is 280 Å². The smallest absolute Gasteiger partial charge is 0.252 e. The zero-order chi connectivity index (χ0) is 34.8. The molecule has 0 saturated heterocycles. The van der Waals surface area contributed by atoms with E-state index in [4.69, 9.17) is 18.0 Å². The molecule has 50 heavy (non-hydrogen) atoms. The molecule has 0 aliphatic heterocycles. The van der Waals surface area contributed by atoms with Gasteiger partial charge in [-0.15, -0.1) is 20.5 Å². The van der Waals surface area contributed by atoms with Crippen molar-refractivity contribution in [2.24, 2.45) is 20.5 Å². The van der Waals surface area contributed by atoms with Gasteiger partial charge in [0.05, 0.1) is 30.4 Å². The third-order valence-corrected chi connectivity index (χ3v) is 6.88. The first kappa shape index (κ1) is 30.5. The van der Waals surface area contributed by atoms with E-state index < -0.39 is 0 Å². The van der Waals surface area contributed by atoms with E-state index in [0.717, 1.165) is 0 Å². The minimum atomic E-state index is 0.102. The van der Waals surface area contributed by atoms with Crippen LogP contribution in [0.3, 0.4) is 0 Å². The van der Waals surface area contributed by atoms with Crippen molar-refractivity contribution in [3.8, 4) is 29.6 Å². The highest BCUT2D eigenvalue weighted by Gasteiger charge is 2.21. The Morgan fingerprint density at radius 1 is 0.700 bits per heavy atom. The summed E-state index contributed by atoms with van der Waals surface area (Å²) in [6.45, 7) is 10.9. The summed E-state index contributed by atoms with van der Waals surface area (Å²) in [5.41, 5.74) is 14.5. The minimum Gasteiger partial charge on any atom is -0.382 e. The molecule has 0 aliphatic rings. The maximum atomic E-state index is 9.60. The van der Waals surface area contributed by atoms with Gasteiger partial charge < -0.3 is 11.5 Å². The van der Waals surface area contributed by atoms with Crippen LogP contribution in [-0.2, 0) is 0 Å². The lowest BCUT2D eigenvalue weighted by molar-refractivity contribution is 0.801. The summed E-state index contributed by atoms with van der Waals surface area (Å²) in [4.78, 5) is 28.7. The third kappa shape index (κ3) is 5.37. The van der Waals surface area contributed by atoms with Crippen molar-refractivity contribution in [3.63, 3.8) is 0 Å². The Bertz CT molecular complexity index is 2330. The lowest BCUT2D eigenvalue weighted by Crippen LogP contribution is -2.09. The second kappa shape index (κ2) is 12.6. The Morgan fingerprint density at radius 2 is 1.20 bits per heavy atom. The topological polar surface area (TPSA) is 278 Å². The number of rotatable bonds is 8. The van der Waals surface area contributed by atoms with Crippen LogP contribution in [0.2, 0.25) is 0 Å². The first-order valence-electron chi connectivity index (χ1n) is 14.2. The van der Waals surface area contributed by atoms with Crippen molar-refractivity contribution in [3.05, 3.63) is 90.1 Å². The molecule has 0 spiro atoms. The molecule has 0 radical (unpaired) electrons. The van der Waals surface area contributed by atoms with Crippen LogP contribution in [0.5, 0.6) is 0 Å². The van der Waals surface area contributed by atoms with Gasteiger partial charge in [-0.2, -0.15) is 44.4 Å². The van der Waals surface area contributed by atoms with Gasteiger partial charge in [-0.3, -0.25) is 0 Å². The fourth-order valence-electron chi connectivity index (χ4n) is 4.55. The number of aromatic nitrogens is 14. The summed E-state index contributed by atoms with van der Waals surface area (Å²) in [6.07, 6.45) is 10.1. The van der Waals surface area contributed by atoms with E-state index in [9.17, 15) is 5.26 Å². The molecule has 7 aromatic rings. The van der Waals surface area contributed by atoms with Gasteiger partial charge in [0.2, 0.25) is 0 Å². The van der Waals surface area contributed by atoms with Crippen molar-refractivity contribution < 1.29 is 0 Å². The molecule has 0 bridgehead atoms. The molecule has 0 amide bonds. The molecule has 22 heteroatoms. The third-order valence-electron chi connectivity index (χ3n) is 6.88. The van der Waals surface area contributed by atoms with E-state index in [-0.39, 0.29) is 69.4 Å². The minimum absolute atomic E-state index is 0.102. The van der Waals surface area contributed by atoms with Gasteiger partial charge in [-0.25, -0.2) is 34.7 Å². The van der Waals surface area contributed by atoms with Crippen LogP contribution in [0.1, 0.15) is 17.0 Å². The van der Waals surface area contributed by atoms with Gasteiger partial charge in [-0.05, 0) is 26.0 Å². The van der Waals surface area contributed by atoms with Gasteiger partial charge in [-0.1, -0.05) is 0 Å². The Kier molecular flexibility index (Phi) is 7.67. The van der Waals surface area contributed by atoms with Crippen molar-refractivity contribution in [2.75, 3.05) is 11.5 Å². The Balaban J connectivity index is 1.20. The van der Waals surface area contributed by atoms with E-state index in [1.807, 2.05) is 6.07 Å². The molecule has 7 heterocycles. The van der Waals surface area contributed by atoms with Crippen LogP contribution in [0, 0.1) is 31.8 Å². The van der Waals surface area contributed by atoms with Gasteiger partial charge in [0.1, 0.15) is 18.0 Å². The van der Waals surface area contributed by atoms with E-state index in [0.29, 0.717) is 11.4 Å². The molecule has 0 aromatic carbocycles. The first-order chi connectivity index (χ1) is 24.4. The van der Waals surface area contributed by atoms with E-state index >= 15 is 0 Å². The predicted molar refractivity (Wildman–Crippen MR) is 172 cm³/mol. The van der Waals surface area contributed by atoms with Crippen LogP contribution < -0.4 is 11.5 Å². The largest absolute Gasteiger partial charge is 0.382 e. The van der Waals surface area contributed by atoms with Gasteiger partial charge in [0.25, 0.3) is 17.6 Å². The van der Waals surface area contributed by atoms with Crippen LogP contribution >= 0.6 is 0 Å². The van der Waals surface area contributed by atoms with E-state index in [1.54, 1.807) is 32.0 Å². The number of nitriles is 1. The average molecular weight is 665 g/mol. The average Bonchev–Trinajstić information content (AvgIpc) is 3.90. The SMILES string of the molecule is [C-]#[N+]c1cnn(-c2ncccn2)c1N=Nc1c(C)nn(-c2cc(-n3nc(C)c(N=Nc4c(C#N)cnn4-c4ncccn4)c3N)ncn2)c1N. The summed E-state index contributed by atoms with van der Waals surface area (Å²) in [5, 5.41) is 44.0. The number of hydrogen-bond acceptors (Lipinski definition) is 17. The molecule has 0 atom stereocenters. The molecule has 0 saturated carbocycles. The molecule has 7 aromatic heterocycles. The maximum Gasteiger partial charge on any atom is 0.252 e. The van der Waals surface area contributed by atoms with Crippen LogP contribution in [0.15, 0.2) is 82.2 Å². The summed E-state index contributed by atoms with van der Waals surface area (Å²) < 4.78 is 5.28. The molecule has 4 N–H and O–H groups in total. The van der Waals surface area contributed by atoms with Gasteiger partial charge in [0.15, 0.2) is 46.3 Å². The van der Waals surface area contributed by atoms with Crippen LogP contribution in [0.25, 0.3) is 28.4 Å². The number of nitrogen functional groups attached to an aromatic ring is 2. The lowest BCUT2D eigenvalue weighted by Gasteiger charge is -2.06. The molecule has 7 rings (SSSR count). The summed E-state index contributed by atoms with van der Waals surface area (Å²) in [6, 6.07) is 6.89. The fourth-order valence-corrected chi connectivity index (χ4v) is 4.55. The second-order valence-electron chi connectivity index (χ2n) is 9.98. The molecular formula is C28H20N22. The molecule has 22 nitrogen and oxygen atoms in total. The van der Waals surface area contributed by atoms with Crippen molar-refractivity contribution in [2.45, 2.75) is 13.8 Å². The predicted octanol–water partition coefficient (Wildman–Crippen LogP) is 3.83. The zero-order valence-corrected chi connectivity index (χ0v) is 25.9. The summed E-state index contributed by atoms with van der Waals surface area (Å²) >= 11 is 0. The highest BCUT2D eigenvalue weighted by Crippen LogP contribution is 2.35. The number of azo groups is 2. The summed E-state index contributed by atoms with van der Waals surface area (Å²) in [5.74, 6) is 1.37. The lowest BCUT2D eigenvalue weighted by atomic mass is 10.4. The standard InChI is InChI=1S/C28H20N22/c1-15-21(41-43-25-17(11-29)12-39-49(25)27-33-6-4-7-34-27)23(30)47(45-15)19-10-20(38-14-37-19)48-24(31)22(16(2)46-48)42-44-26-18(32-3)13-40-50(26)28-35-8-5-9-36-28/h4-10,12-14H,30-31H2,1-2H3. The summed E-state index contributed by atoms with van der Waals surface area (Å²) in [7, 11) is 0. The van der Waals surface area contributed by atoms with Crippen LogP contribution in [-0.4, -0.2) is 69.0 Å². The maximum absolute atomic E-state index is 9.60. The molecule has 242 valence electrons. The monoisotopic (exact) mass is 664 g/mol. The Morgan fingerprint density at radius 3 is 1.72 bits per heavy atom. The normalized spacial score (nSPS) is 11.4. The number of aryl methyl sites for hydroxylation is 2. The Hall–Kier alpha value is -8.14. The van der Waals surface area contributed by atoms with E-state index in [1.165, 1.54) is 62.2 Å².